The van der Waals surface area contributed by atoms with Crippen LogP contribution in [0, 0.1) is 50.2 Å². The molecule has 3 aliphatic heterocycles. The summed E-state index contributed by atoms with van der Waals surface area (Å²) in [6.07, 6.45) is -24.0. The number of aliphatic hydroxyl groups excluding tert-OH is 11. The molecule has 8 aliphatic rings. The van der Waals surface area contributed by atoms with Crippen molar-refractivity contribution < 1.29 is 114 Å². The minimum atomic E-state index is -2.13. The predicted octanol–water partition coefficient (Wildman–Crippen LogP) is 0.263. The van der Waals surface area contributed by atoms with Crippen LogP contribution in [0.2, 0.25) is 0 Å². The van der Waals surface area contributed by atoms with E-state index in [-0.39, 0.29) is 23.8 Å². The first-order chi connectivity index (χ1) is 37.3. The average Bonchev–Trinajstić information content (AvgIpc) is 3.72. The van der Waals surface area contributed by atoms with E-state index in [0.717, 1.165) is 5.57 Å². The second kappa shape index (κ2) is 22.7. The molecule has 7 fully saturated rings. The van der Waals surface area contributed by atoms with Crippen LogP contribution in [0.3, 0.4) is 0 Å². The number of rotatable bonds is 14. The number of carbonyl (C=O) groups excluding carboxylic acids is 2. The van der Waals surface area contributed by atoms with Crippen molar-refractivity contribution in [2.45, 2.75) is 231 Å². The molecule has 23 heteroatoms. The molecule has 23 nitrogen and oxygen atoms in total. The molecule has 454 valence electrons. The number of carboxylic acid groups (broad SMARTS) is 1. The molecule has 0 amide bonds. The fourth-order valence-corrected chi connectivity index (χ4v) is 16.2. The largest absolute Gasteiger partial charge is 0.479 e. The Labute approximate surface area is 466 Å². The van der Waals surface area contributed by atoms with Crippen LogP contribution in [0.15, 0.2) is 34.9 Å². The van der Waals surface area contributed by atoms with Gasteiger partial charge in [-0.2, -0.15) is 0 Å². The molecule has 12 N–H and O–H groups in total. The summed E-state index contributed by atoms with van der Waals surface area (Å²) in [5, 5.41) is 134. The highest BCUT2D eigenvalue weighted by atomic mass is 16.8. The maximum absolute atomic E-state index is 13.9. The minimum absolute atomic E-state index is 0.153. The Morgan fingerprint density at radius 3 is 1.71 bits per heavy atom. The van der Waals surface area contributed by atoms with E-state index in [0.29, 0.717) is 37.7 Å². The van der Waals surface area contributed by atoms with E-state index in [1.165, 1.54) is 0 Å². The summed E-state index contributed by atoms with van der Waals surface area (Å²) in [7, 11) is 0. The van der Waals surface area contributed by atoms with Crippen molar-refractivity contribution in [1.82, 2.24) is 0 Å². The van der Waals surface area contributed by atoms with Gasteiger partial charge in [0, 0.05) is 22.0 Å². The van der Waals surface area contributed by atoms with Crippen molar-refractivity contribution >= 4 is 17.9 Å². The first-order valence-electron chi connectivity index (χ1n) is 28.1. The lowest BCUT2D eigenvalue weighted by atomic mass is 9.32. The fraction of sp³-hybridized carbons (Fsp3) is 0.842. The second-order valence-corrected chi connectivity index (χ2v) is 26.0. The van der Waals surface area contributed by atoms with Gasteiger partial charge in [0.2, 0.25) is 0 Å². The standard InChI is InChI=1S/C57H88O23/c1-12-24(3)47(71)79-44-45(80-48(72)25(4)13-2)57(23-60)27(20-52(44,5)6)26-14-15-31-54(9)18-17-32(53(7,8)30(54)16-19-55(31,10)56(26,11)42(67)43(57)68)75-51-41(78-50-37(65)35(63)33(61)28(21-58)73-50)39(38(66)40(77-51)46(69)70)76-49-36(64)34(62)29(22-59)74-49/h12-14,27-45,49-51,58-68H,15-23H2,1-11H3,(H,69,70)/b24-12-,25-13+/t27?,28-,29+,30?,31?,32+,33+,34+,35+,36-,37-,38+,39+,40?,41-,42+,43-,44+,45+,49?,50+,51?,54+,55-,56+,57?/m1/s1. The van der Waals surface area contributed by atoms with Crippen LogP contribution in [0.25, 0.3) is 0 Å². The van der Waals surface area contributed by atoms with Gasteiger partial charge in [-0.15, -0.1) is 0 Å². The molecule has 0 bridgehead atoms. The van der Waals surface area contributed by atoms with Crippen molar-refractivity contribution in [3.05, 3.63) is 34.9 Å². The number of aliphatic hydroxyl groups is 11. The lowest BCUT2D eigenvalue weighted by Gasteiger charge is -2.73. The maximum atomic E-state index is 13.9. The van der Waals surface area contributed by atoms with Crippen LogP contribution in [-0.2, 0) is 52.3 Å². The van der Waals surface area contributed by atoms with Crippen molar-refractivity contribution in [2.75, 3.05) is 19.8 Å². The van der Waals surface area contributed by atoms with Gasteiger partial charge in [0.15, 0.2) is 31.1 Å². The Morgan fingerprint density at radius 2 is 1.18 bits per heavy atom. The van der Waals surface area contributed by atoms with E-state index < -0.39 is 193 Å². The van der Waals surface area contributed by atoms with Crippen LogP contribution in [-0.4, -0.2) is 216 Å². The van der Waals surface area contributed by atoms with E-state index in [9.17, 15) is 75.7 Å². The molecule has 0 aromatic carbocycles. The number of allylic oxidation sites excluding steroid dienone is 3. The van der Waals surface area contributed by atoms with Crippen LogP contribution in [0.4, 0.5) is 0 Å². The molecule has 7 unspecified atom stereocenters. The normalized spacial score (nSPS) is 49.0. The van der Waals surface area contributed by atoms with Crippen LogP contribution < -0.4 is 0 Å². The van der Waals surface area contributed by atoms with E-state index >= 15 is 0 Å². The van der Waals surface area contributed by atoms with Crippen molar-refractivity contribution in [3.63, 3.8) is 0 Å². The third kappa shape index (κ3) is 9.76. The Hall–Kier alpha value is -3.05. The third-order valence-corrected chi connectivity index (χ3v) is 21.4. The molecule has 5 aliphatic carbocycles. The predicted molar refractivity (Wildman–Crippen MR) is 277 cm³/mol. The summed E-state index contributed by atoms with van der Waals surface area (Å²) in [6, 6.07) is 0. The van der Waals surface area contributed by atoms with Gasteiger partial charge in [-0.25, -0.2) is 14.4 Å². The van der Waals surface area contributed by atoms with Crippen molar-refractivity contribution in [3.8, 4) is 0 Å². The maximum Gasteiger partial charge on any atom is 0.335 e. The van der Waals surface area contributed by atoms with Gasteiger partial charge in [0.25, 0.3) is 0 Å². The number of hydrogen-bond donors (Lipinski definition) is 12. The number of carbonyl (C=O) groups is 3. The average molecular weight is 1140 g/mol. The summed E-state index contributed by atoms with van der Waals surface area (Å²) >= 11 is 0. The zero-order valence-corrected chi connectivity index (χ0v) is 47.7. The summed E-state index contributed by atoms with van der Waals surface area (Å²) in [4.78, 5) is 40.3. The smallest absolute Gasteiger partial charge is 0.335 e. The topological polar surface area (TPSA) is 368 Å². The molecule has 3 saturated heterocycles. The monoisotopic (exact) mass is 1140 g/mol. The zero-order valence-electron chi connectivity index (χ0n) is 47.7. The SMILES string of the molecule is C/C=C(/C)C(=O)O[C@H]1[C@H](OC(=O)/C(C)=C/C)C2(CO)C(CC1(C)C)C1=CCC3[C@@]4(C)CC[C@H](OC5OC(C(=O)O)[C@@H](O)[C@H](OC6O[C@@H](CO)[C@H](O)[C@H]6O)[C@H]5O[C@@H]5O[C@H](CO)[C@H](O)[C@H](O)[C@H]5O)C(C)(C)C4CC[C@@]3(C)[C@]1(C)[C@@H](O)[C@H]2O. The van der Waals surface area contributed by atoms with Gasteiger partial charge in [-0.3, -0.25) is 0 Å². The van der Waals surface area contributed by atoms with Gasteiger partial charge in [0.05, 0.1) is 43.5 Å². The van der Waals surface area contributed by atoms with Crippen molar-refractivity contribution in [2.24, 2.45) is 50.2 Å². The van der Waals surface area contributed by atoms with E-state index in [1.54, 1.807) is 39.8 Å². The number of carboxylic acids is 1. The summed E-state index contributed by atoms with van der Waals surface area (Å²) in [6.45, 7) is 18.4. The highest BCUT2D eigenvalue weighted by Crippen LogP contribution is 2.76. The van der Waals surface area contributed by atoms with E-state index in [1.807, 2.05) is 34.6 Å². The Bertz CT molecular complexity index is 2390. The van der Waals surface area contributed by atoms with Gasteiger partial charge < -0.3 is 99.2 Å². The zero-order chi connectivity index (χ0) is 59.3. The Balaban J connectivity index is 1.14. The fourth-order valence-electron chi connectivity index (χ4n) is 16.2. The highest BCUT2D eigenvalue weighted by Gasteiger charge is 2.76. The number of aliphatic carboxylic acids is 1. The Kier molecular flexibility index (Phi) is 17.9. The quantitative estimate of drug-likeness (QED) is 0.0480. The van der Waals surface area contributed by atoms with Gasteiger partial charge in [-0.1, -0.05) is 72.3 Å². The first-order valence-corrected chi connectivity index (χ1v) is 28.1. The van der Waals surface area contributed by atoms with Gasteiger partial charge >= 0.3 is 17.9 Å². The number of ether oxygens (including phenoxy) is 8. The summed E-state index contributed by atoms with van der Waals surface area (Å²) < 4.78 is 49.0. The summed E-state index contributed by atoms with van der Waals surface area (Å²) in [5.74, 6) is -4.01. The molecule has 0 spiro atoms. The molecule has 26 atom stereocenters. The molecule has 8 rings (SSSR count). The molecule has 0 aromatic rings. The molecule has 80 heavy (non-hydrogen) atoms. The number of hydrogen-bond acceptors (Lipinski definition) is 22. The number of fused-ring (bicyclic) bond motifs is 7. The second-order valence-electron chi connectivity index (χ2n) is 26.0. The molecule has 3 heterocycles. The van der Waals surface area contributed by atoms with Gasteiger partial charge in [-0.05, 0) is 100 Å². The van der Waals surface area contributed by atoms with E-state index in [2.05, 4.69) is 19.9 Å². The summed E-state index contributed by atoms with van der Waals surface area (Å²) in [5.41, 5.74) is -4.40. The lowest BCUT2D eigenvalue weighted by molar-refractivity contribution is -0.386. The highest BCUT2D eigenvalue weighted by molar-refractivity contribution is 5.89. The van der Waals surface area contributed by atoms with Crippen LogP contribution >= 0.6 is 0 Å². The molecule has 0 radical (unpaired) electrons. The number of esters is 2. The lowest BCUT2D eigenvalue weighted by Crippen LogP contribution is -2.76. The van der Waals surface area contributed by atoms with Crippen LogP contribution in [0.5, 0.6) is 0 Å². The molecule has 0 aromatic heterocycles. The molecule has 4 saturated carbocycles. The molecular formula is C57H88O23. The minimum Gasteiger partial charge on any atom is -0.479 e. The van der Waals surface area contributed by atoms with Crippen molar-refractivity contribution in [1.29, 1.82) is 0 Å². The van der Waals surface area contributed by atoms with E-state index in [4.69, 9.17) is 37.9 Å². The first kappa shape index (κ1) is 63.0. The van der Waals surface area contributed by atoms with Gasteiger partial charge in [0.1, 0.15) is 67.1 Å². The Morgan fingerprint density at radius 1 is 0.637 bits per heavy atom. The molecular weight excluding hydrogens is 1050 g/mol. The van der Waals surface area contributed by atoms with Crippen LogP contribution in [0.1, 0.15) is 115 Å². The third-order valence-electron chi connectivity index (χ3n) is 21.4.